The van der Waals surface area contributed by atoms with Crippen LogP contribution in [0.4, 0.5) is 4.79 Å². The van der Waals surface area contributed by atoms with E-state index in [1.54, 1.807) is 0 Å². The Morgan fingerprint density at radius 2 is 0.605 bits per heavy atom. The third kappa shape index (κ3) is 106. The SMILES string of the molecule is NC(N)=[NH2+].NC(N)=[NH2+].NC(N)=[NH2+].O.O=C([O-])CN(CCN(CC(=O)[O-])CC(=O)[O-])CC(=O)[O-].O=C([O-])[O-].[Er+3]. The van der Waals surface area contributed by atoms with Crippen LogP contribution in [0.15, 0.2) is 0 Å². The maximum atomic E-state index is 10.4. The number of carbonyl (C=O) groups is 5. The van der Waals surface area contributed by atoms with Crippen molar-refractivity contribution in [3.05, 3.63) is 0 Å². The molecule has 0 aromatic rings. The number of hydrogen-bond donors (Lipinski definition) is 9. The zero-order valence-electron chi connectivity index (χ0n) is 19.6. The molecule has 0 aromatic carbocycles. The minimum Gasteiger partial charge on any atom is -0.652 e. The molecule has 0 amide bonds. The summed E-state index contributed by atoms with van der Waals surface area (Å²) in [6.45, 7) is -3.25. The fraction of sp³-hybridized carbons (Fsp3) is 0.429. The van der Waals surface area contributed by atoms with E-state index in [0.29, 0.717) is 0 Å². The molecule has 24 heteroatoms. The normalized spacial score (nSPS) is 8.16. The van der Waals surface area contributed by atoms with E-state index in [9.17, 15) is 39.6 Å². The first-order valence-corrected chi connectivity index (χ1v) is 8.66. The van der Waals surface area contributed by atoms with Crippen molar-refractivity contribution in [1.82, 2.24) is 9.80 Å². The summed E-state index contributed by atoms with van der Waals surface area (Å²) in [5, 5.41) is 72.0. The molecular weight excluding hydrogens is 681 g/mol. The summed E-state index contributed by atoms with van der Waals surface area (Å²) in [5.74, 6) is -6.37. The summed E-state index contributed by atoms with van der Waals surface area (Å²) >= 11 is 0. The van der Waals surface area contributed by atoms with Crippen LogP contribution in [0.1, 0.15) is 0 Å². The molecule has 20 N–H and O–H groups in total. The molecule has 0 unspecified atom stereocenters. The maximum Gasteiger partial charge on any atom is 3.00 e. The van der Waals surface area contributed by atoms with Gasteiger partial charge in [-0.15, -0.1) is 0 Å². The molecule has 0 saturated carbocycles. The summed E-state index contributed by atoms with van der Waals surface area (Å²) in [4.78, 5) is 51.8. The van der Waals surface area contributed by atoms with Gasteiger partial charge >= 0.3 is 55.2 Å². The number of nitrogens with two attached hydrogens (primary N) is 9. The van der Waals surface area contributed by atoms with Crippen molar-refractivity contribution in [3.8, 4) is 0 Å². The molecule has 0 heterocycles. The zero-order chi connectivity index (χ0) is 30.0. The van der Waals surface area contributed by atoms with Crippen LogP contribution in [-0.2, 0) is 19.2 Å². The molecule has 0 aliphatic heterocycles. The van der Waals surface area contributed by atoms with Crippen LogP contribution in [-0.4, -0.2) is 102 Å². The van der Waals surface area contributed by atoms with E-state index >= 15 is 0 Å². The van der Waals surface area contributed by atoms with Crippen molar-refractivity contribution in [3.63, 3.8) is 0 Å². The first-order chi connectivity index (χ1) is 16.1. The third-order valence-corrected chi connectivity index (χ3v) is 2.14. The Hall–Kier alpha value is -3.91. The van der Waals surface area contributed by atoms with E-state index in [-0.39, 0.29) is 73.7 Å². The summed E-state index contributed by atoms with van der Waals surface area (Å²) in [6.07, 6.45) is -2.33. The molecule has 0 rings (SSSR count). The van der Waals surface area contributed by atoms with Gasteiger partial charge in [-0.25, -0.2) is 0 Å². The van der Waals surface area contributed by atoms with Crippen molar-refractivity contribution < 1.29 is 114 Å². The van der Waals surface area contributed by atoms with E-state index in [2.05, 4.69) is 50.6 Å². The smallest absolute Gasteiger partial charge is 0.652 e. The van der Waals surface area contributed by atoms with Crippen LogP contribution in [0, 0.1) is 37.3 Å². The molecule has 0 spiro atoms. The van der Waals surface area contributed by atoms with Crippen molar-refractivity contribution in [2.45, 2.75) is 0 Å². The fourth-order valence-corrected chi connectivity index (χ4v) is 1.44. The third-order valence-electron chi connectivity index (χ3n) is 2.14. The van der Waals surface area contributed by atoms with E-state index in [4.69, 9.17) is 15.0 Å². The molecule has 0 saturated heterocycles. The van der Waals surface area contributed by atoms with Gasteiger partial charge < -0.3 is 60.1 Å². The molecular formula is C14H32ErN11O12. The number of rotatable bonds is 11. The van der Waals surface area contributed by atoms with Crippen LogP contribution < -0.4 is 81.3 Å². The predicted octanol–water partition coefficient (Wildman–Crippen LogP) is -19.6. The van der Waals surface area contributed by atoms with Gasteiger partial charge in [0.25, 0.3) is 0 Å². The van der Waals surface area contributed by atoms with Crippen LogP contribution in [0.3, 0.4) is 0 Å². The average Bonchev–Trinajstić information content (AvgIpc) is 2.55. The Kier molecular flexibility index (Phi) is 44.3. The van der Waals surface area contributed by atoms with Gasteiger partial charge in [-0.1, -0.05) is 0 Å². The zero-order valence-corrected chi connectivity index (χ0v) is 21.5. The number of aliphatic carboxylic acids is 4. The number of nitrogens with zero attached hydrogens (tertiary/aromatic N) is 2. The van der Waals surface area contributed by atoms with Gasteiger partial charge in [0.2, 0.25) is 0 Å². The molecule has 0 bridgehead atoms. The van der Waals surface area contributed by atoms with Crippen molar-refractivity contribution in [2.24, 2.45) is 34.4 Å². The maximum absolute atomic E-state index is 10.4. The molecule has 38 heavy (non-hydrogen) atoms. The molecule has 1 radical (unpaired) electrons. The largest absolute Gasteiger partial charge is 3.00 e. The monoisotopic (exact) mass is 712 g/mol. The van der Waals surface area contributed by atoms with Crippen LogP contribution in [0.5, 0.6) is 0 Å². The summed E-state index contributed by atoms with van der Waals surface area (Å²) in [5.41, 5.74) is 27.5. The fourth-order valence-electron chi connectivity index (χ4n) is 1.44. The Bertz CT molecular complexity index is 610. The van der Waals surface area contributed by atoms with E-state index < -0.39 is 56.2 Å². The molecule has 227 valence electrons. The van der Waals surface area contributed by atoms with Gasteiger partial charge in [-0.3, -0.25) is 60.4 Å². The standard InChI is InChI=1S/C10H16N2O8.3CH5N3.CH2O3.Er.H2O/c13-7(14)3-11(4-8(15)16)1-2-12(5-9(17)18)6-10(19)20;4*2-1(3)4;;/h1-6H2,(H,13,14)(H,15,16)(H,17,18)(H,19,20);3*(H5,2,3,4);(H2,2,3,4);;1H2/q;;;;;+3;/p-3. The molecule has 23 nitrogen and oxygen atoms in total. The Morgan fingerprint density at radius 1 is 0.500 bits per heavy atom. The predicted molar refractivity (Wildman–Crippen MR) is 108 cm³/mol. The van der Waals surface area contributed by atoms with Crippen molar-refractivity contribution >= 4 is 47.9 Å². The minimum absolute atomic E-state index is 0. The van der Waals surface area contributed by atoms with Crippen LogP contribution in [0.25, 0.3) is 0 Å². The summed E-state index contributed by atoms with van der Waals surface area (Å²) < 4.78 is 0. The summed E-state index contributed by atoms with van der Waals surface area (Å²) in [7, 11) is 0. The van der Waals surface area contributed by atoms with Gasteiger partial charge in [-0.2, -0.15) is 0 Å². The molecule has 0 fully saturated rings. The van der Waals surface area contributed by atoms with Gasteiger partial charge in [0.15, 0.2) is 0 Å². The Labute approximate surface area is 244 Å². The summed E-state index contributed by atoms with van der Waals surface area (Å²) in [6, 6.07) is 0. The molecule has 0 aromatic heterocycles. The molecule has 0 aliphatic rings. The van der Waals surface area contributed by atoms with Gasteiger partial charge in [0.05, 0.1) is 23.9 Å². The topological polar surface area (TPSA) is 495 Å². The molecule has 0 aliphatic carbocycles. The van der Waals surface area contributed by atoms with Crippen LogP contribution in [0.2, 0.25) is 0 Å². The number of carbonyl (C=O) groups excluding carboxylic acids is 5. The number of carboxylic acids is 4. The van der Waals surface area contributed by atoms with E-state index in [1.165, 1.54) is 0 Å². The Balaban J connectivity index is -0.0000000873. The van der Waals surface area contributed by atoms with E-state index in [0.717, 1.165) is 9.80 Å². The second-order valence-electron chi connectivity index (χ2n) is 5.66. The van der Waals surface area contributed by atoms with Gasteiger partial charge in [0.1, 0.15) is 0 Å². The van der Waals surface area contributed by atoms with Crippen LogP contribution >= 0.6 is 0 Å². The average molecular weight is 714 g/mol. The first-order valence-electron chi connectivity index (χ1n) is 8.66. The minimum atomic E-state index is -2.33. The quantitative estimate of drug-likeness (QED) is 0.0708. The second-order valence-corrected chi connectivity index (χ2v) is 5.66. The van der Waals surface area contributed by atoms with E-state index in [1.807, 2.05) is 0 Å². The van der Waals surface area contributed by atoms with Gasteiger partial charge in [-0.05, 0) is 6.16 Å². The molecule has 0 atom stereocenters. The van der Waals surface area contributed by atoms with Crippen molar-refractivity contribution in [1.29, 1.82) is 0 Å². The van der Waals surface area contributed by atoms with Crippen molar-refractivity contribution in [2.75, 3.05) is 39.3 Å². The van der Waals surface area contributed by atoms with Gasteiger partial charge in [0, 0.05) is 39.3 Å². The first kappa shape index (κ1) is 50.9. The number of hydrogen-bond acceptors (Lipinski definition) is 13. The number of carboxylic acid groups (broad SMARTS) is 6. The Morgan fingerprint density at radius 3 is 0.684 bits per heavy atom. The number of guanidine groups is 3. The second kappa shape index (κ2) is 33.1.